The molecule has 3 aromatic rings. The Morgan fingerprint density at radius 2 is 1.73 bits per heavy atom. The van der Waals surface area contributed by atoms with Gasteiger partial charge in [0.15, 0.2) is 0 Å². The Kier molecular flexibility index (Phi) is 8.67. The Hall–Kier alpha value is -4.56. The number of carbonyl (C=O) groups is 2. The van der Waals surface area contributed by atoms with E-state index in [1.165, 1.54) is 7.11 Å². The van der Waals surface area contributed by atoms with Crippen molar-refractivity contribution in [2.75, 3.05) is 37.0 Å². The van der Waals surface area contributed by atoms with Gasteiger partial charge in [0.1, 0.15) is 5.75 Å². The van der Waals surface area contributed by atoms with Crippen LogP contribution >= 0.6 is 0 Å². The Morgan fingerprint density at radius 3 is 2.47 bits per heavy atom. The zero-order chi connectivity index (χ0) is 31.4. The number of hydrogen-bond donors (Lipinski definition) is 2. The zero-order valence-corrected chi connectivity index (χ0v) is 25.9. The molecule has 1 fully saturated rings. The number of aliphatic hydroxyl groups is 1. The van der Waals surface area contributed by atoms with Crippen LogP contribution in [0.4, 0.5) is 11.4 Å². The normalized spacial score (nSPS) is 25.7. The molecule has 0 aliphatic carbocycles. The maximum absolute atomic E-state index is 13.5. The van der Waals surface area contributed by atoms with Crippen LogP contribution in [0.2, 0.25) is 0 Å². The van der Waals surface area contributed by atoms with Crippen molar-refractivity contribution in [1.82, 2.24) is 4.90 Å². The highest BCUT2D eigenvalue weighted by molar-refractivity contribution is 5.99. The molecule has 3 aromatic carbocycles. The van der Waals surface area contributed by atoms with Crippen LogP contribution in [-0.4, -0.2) is 54.4 Å². The van der Waals surface area contributed by atoms with Crippen molar-refractivity contribution >= 4 is 23.3 Å². The number of hydrogen-bond acceptors (Lipinski definition) is 7. The molecule has 3 bridgehead atoms. The van der Waals surface area contributed by atoms with E-state index in [1.807, 2.05) is 90.0 Å². The van der Waals surface area contributed by atoms with Crippen molar-refractivity contribution in [2.24, 2.45) is 11.3 Å². The van der Waals surface area contributed by atoms with Crippen molar-refractivity contribution in [2.45, 2.75) is 44.2 Å². The molecule has 0 spiro atoms. The molecule has 1 amide bonds. The molecule has 45 heavy (non-hydrogen) atoms. The molecule has 0 saturated carbocycles. The first-order valence-corrected chi connectivity index (χ1v) is 15.7. The Morgan fingerprint density at radius 1 is 1.02 bits per heavy atom. The molecule has 2 N–H and O–H groups in total. The number of methoxy groups -OCH3 is 1. The van der Waals surface area contributed by atoms with Crippen LogP contribution in [0.25, 0.3) is 0 Å². The summed E-state index contributed by atoms with van der Waals surface area (Å²) in [6.07, 6.45) is 8.19. The molecule has 6 rings (SSSR count). The van der Waals surface area contributed by atoms with Crippen molar-refractivity contribution in [3.63, 3.8) is 0 Å². The van der Waals surface area contributed by atoms with E-state index >= 15 is 0 Å². The average Bonchev–Trinajstić information content (AvgIpc) is 3.06. The Balaban J connectivity index is 1.41. The third-order valence-corrected chi connectivity index (χ3v) is 9.68. The summed E-state index contributed by atoms with van der Waals surface area (Å²) in [5, 5.41) is 15.3. The minimum Gasteiger partial charge on any atom is -0.493 e. The first-order chi connectivity index (χ1) is 21.9. The van der Waals surface area contributed by atoms with Crippen LogP contribution in [0.1, 0.15) is 44.1 Å². The number of carbonyl (C=O) groups excluding carboxylic acids is 2. The summed E-state index contributed by atoms with van der Waals surface area (Å²) in [6, 6.07) is 27.1. The molecule has 234 valence electrons. The lowest BCUT2D eigenvalue weighted by Crippen LogP contribution is -2.65. The van der Waals surface area contributed by atoms with Crippen molar-refractivity contribution in [3.8, 4) is 5.75 Å². The third-order valence-electron chi connectivity index (χ3n) is 9.68. The summed E-state index contributed by atoms with van der Waals surface area (Å²) in [5.74, 6) is -0.195. The van der Waals surface area contributed by atoms with E-state index in [0.717, 1.165) is 47.6 Å². The standard InChI is InChI=1S/C37H41N3O5/c1-3-36-20-12-21-39(22-19-34(41)38-28-13-6-4-7-14-28)24-27-23-33(31(36)25-45-29-15-8-5-9-16-29)40(32-18-11-10-17-30(27)32)37(43,26-36)35(42)44-2/h4-11,13-19,22-23,27,31,43H,3,12,20-21,24-26H2,1-2H3,(H,38,41)/b22-19+. The summed E-state index contributed by atoms with van der Waals surface area (Å²) < 4.78 is 11.7. The second-order valence-electron chi connectivity index (χ2n) is 12.2. The second-order valence-corrected chi connectivity index (χ2v) is 12.2. The topological polar surface area (TPSA) is 91.3 Å². The molecular weight excluding hydrogens is 566 g/mol. The highest BCUT2D eigenvalue weighted by Crippen LogP contribution is 2.58. The van der Waals surface area contributed by atoms with Gasteiger partial charge < -0.3 is 29.7 Å². The first-order valence-electron chi connectivity index (χ1n) is 15.7. The molecule has 0 radical (unpaired) electrons. The van der Waals surface area contributed by atoms with Gasteiger partial charge >= 0.3 is 5.97 Å². The maximum atomic E-state index is 13.5. The number of rotatable bonds is 8. The Bertz CT molecular complexity index is 1580. The van der Waals surface area contributed by atoms with Crippen LogP contribution in [0.5, 0.6) is 5.75 Å². The molecule has 3 aliphatic rings. The number of esters is 1. The first kappa shape index (κ1) is 30.5. The van der Waals surface area contributed by atoms with Crippen LogP contribution in [0.3, 0.4) is 0 Å². The van der Waals surface area contributed by atoms with Crippen molar-refractivity contribution in [3.05, 3.63) is 115 Å². The van der Waals surface area contributed by atoms with Gasteiger partial charge in [0, 0.05) is 60.7 Å². The van der Waals surface area contributed by atoms with Crippen LogP contribution in [-0.2, 0) is 14.3 Å². The molecule has 0 aromatic heterocycles. The minimum atomic E-state index is -1.87. The summed E-state index contributed by atoms with van der Waals surface area (Å²) >= 11 is 0. The lowest BCUT2D eigenvalue weighted by atomic mass is 9.60. The fraction of sp³-hybridized carbons (Fsp3) is 0.351. The molecular formula is C37H41N3O5. The molecule has 3 aliphatic heterocycles. The number of benzene rings is 3. The van der Waals surface area contributed by atoms with E-state index in [2.05, 4.69) is 29.3 Å². The fourth-order valence-electron chi connectivity index (χ4n) is 7.45. The lowest BCUT2D eigenvalue weighted by molar-refractivity contribution is -0.171. The summed E-state index contributed by atoms with van der Waals surface area (Å²) in [6.45, 7) is 3.89. The summed E-state index contributed by atoms with van der Waals surface area (Å²) in [7, 11) is 1.34. The van der Waals surface area contributed by atoms with Crippen LogP contribution < -0.4 is 15.0 Å². The quantitative estimate of drug-likeness (QED) is 0.237. The predicted molar refractivity (Wildman–Crippen MR) is 174 cm³/mol. The van der Waals surface area contributed by atoms with Gasteiger partial charge in [-0.1, -0.05) is 67.6 Å². The average molecular weight is 608 g/mol. The van der Waals surface area contributed by atoms with Gasteiger partial charge in [0.25, 0.3) is 0 Å². The largest absolute Gasteiger partial charge is 0.493 e. The molecule has 4 unspecified atom stereocenters. The number of anilines is 2. The number of fused-ring (bicyclic) bond motifs is 5. The summed E-state index contributed by atoms with van der Waals surface area (Å²) in [4.78, 5) is 30.4. The van der Waals surface area contributed by atoms with E-state index in [4.69, 9.17) is 9.47 Å². The molecule has 3 heterocycles. The van der Waals surface area contributed by atoms with Gasteiger partial charge in [0.05, 0.1) is 13.7 Å². The smallest absolute Gasteiger partial charge is 0.359 e. The van der Waals surface area contributed by atoms with Gasteiger partial charge in [-0.05, 0) is 60.6 Å². The number of nitrogens with one attached hydrogen (secondary N) is 1. The van der Waals surface area contributed by atoms with E-state index in [0.29, 0.717) is 19.7 Å². The van der Waals surface area contributed by atoms with Gasteiger partial charge in [-0.3, -0.25) is 4.79 Å². The maximum Gasteiger partial charge on any atom is 0.359 e. The highest BCUT2D eigenvalue weighted by atomic mass is 16.5. The number of ether oxygens (including phenoxy) is 2. The van der Waals surface area contributed by atoms with Gasteiger partial charge in [0.2, 0.25) is 11.6 Å². The highest BCUT2D eigenvalue weighted by Gasteiger charge is 2.60. The monoisotopic (exact) mass is 607 g/mol. The van der Waals surface area contributed by atoms with Gasteiger partial charge in [-0.25, -0.2) is 4.79 Å². The summed E-state index contributed by atoms with van der Waals surface area (Å²) in [5.41, 5.74) is 1.10. The van der Waals surface area contributed by atoms with Gasteiger partial charge in [-0.15, -0.1) is 0 Å². The number of amides is 1. The fourth-order valence-corrected chi connectivity index (χ4v) is 7.45. The van der Waals surface area contributed by atoms with Crippen molar-refractivity contribution < 1.29 is 24.2 Å². The second kappa shape index (κ2) is 12.8. The van der Waals surface area contributed by atoms with Gasteiger partial charge in [-0.2, -0.15) is 0 Å². The molecule has 4 atom stereocenters. The van der Waals surface area contributed by atoms with Crippen LogP contribution in [0.15, 0.2) is 109 Å². The van der Waals surface area contributed by atoms with E-state index in [1.54, 1.807) is 6.08 Å². The molecule has 1 saturated heterocycles. The van der Waals surface area contributed by atoms with Crippen molar-refractivity contribution in [1.29, 1.82) is 0 Å². The van der Waals surface area contributed by atoms with E-state index < -0.39 is 17.1 Å². The SMILES string of the molecule is CCC12CCCN(/C=C/C(=O)Nc3ccccc3)CC3C=C(C1COc1ccccc1)N(c1ccccc13)C(O)(C(=O)OC)C2. The molecule has 8 nitrogen and oxygen atoms in total. The third kappa shape index (κ3) is 5.94. The van der Waals surface area contributed by atoms with Crippen LogP contribution in [0, 0.1) is 11.3 Å². The zero-order valence-electron chi connectivity index (χ0n) is 25.9. The minimum absolute atomic E-state index is 0.0545. The number of piperidine rings is 1. The van der Waals surface area contributed by atoms with E-state index in [9.17, 15) is 14.7 Å². The number of para-hydroxylation sites is 3. The predicted octanol–water partition coefficient (Wildman–Crippen LogP) is 6.08. The Labute approximate surface area is 264 Å². The number of nitrogens with zero attached hydrogens (tertiary/aromatic N) is 2. The van der Waals surface area contributed by atoms with E-state index in [-0.39, 0.29) is 24.2 Å². The lowest BCUT2D eigenvalue weighted by Gasteiger charge is -2.58. The molecule has 8 heteroatoms.